The Bertz CT molecular complexity index is 681. The first kappa shape index (κ1) is 18.1. The zero-order valence-electron chi connectivity index (χ0n) is 13.9. The van der Waals surface area contributed by atoms with E-state index in [2.05, 4.69) is 12.2 Å². The molecule has 0 bridgehead atoms. The number of aryl methyl sites for hydroxylation is 2. The SMILES string of the molecule is CCc1ccc(NC(=O)CSC(=O)COc2ccc(C)cc2)cc1. The van der Waals surface area contributed by atoms with E-state index < -0.39 is 0 Å². The zero-order chi connectivity index (χ0) is 17.4. The molecule has 0 radical (unpaired) electrons. The molecule has 0 spiro atoms. The predicted octanol–water partition coefficient (Wildman–Crippen LogP) is 3.83. The lowest BCUT2D eigenvalue weighted by Gasteiger charge is -2.07. The summed E-state index contributed by atoms with van der Waals surface area (Å²) in [5.41, 5.74) is 3.08. The van der Waals surface area contributed by atoms with Gasteiger partial charge in [0.15, 0.2) is 6.61 Å². The average Bonchev–Trinajstić information content (AvgIpc) is 2.60. The Hall–Kier alpha value is -2.27. The molecule has 0 atom stereocenters. The van der Waals surface area contributed by atoms with Crippen LogP contribution >= 0.6 is 11.8 Å². The van der Waals surface area contributed by atoms with Crippen molar-refractivity contribution in [1.29, 1.82) is 0 Å². The summed E-state index contributed by atoms with van der Waals surface area (Å²) in [4.78, 5) is 23.6. The third kappa shape index (κ3) is 6.08. The highest BCUT2D eigenvalue weighted by Crippen LogP contribution is 2.14. The van der Waals surface area contributed by atoms with Crippen LogP contribution in [0.4, 0.5) is 5.69 Å². The number of rotatable bonds is 7. The Morgan fingerprint density at radius 3 is 2.33 bits per heavy atom. The van der Waals surface area contributed by atoms with Gasteiger partial charge in [-0.1, -0.05) is 48.5 Å². The normalized spacial score (nSPS) is 10.2. The minimum Gasteiger partial charge on any atom is -0.485 e. The average molecular weight is 343 g/mol. The number of thioether (sulfide) groups is 1. The molecule has 2 aromatic carbocycles. The summed E-state index contributed by atoms with van der Waals surface area (Å²) < 4.78 is 5.40. The molecule has 0 unspecified atom stereocenters. The summed E-state index contributed by atoms with van der Waals surface area (Å²) in [7, 11) is 0. The van der Waals surface area contributed by atoms with E-state index in [0.717, 1.165) is 29.4 Å². The third-order valence-electron chi connectivity index (χ3n) is 3.39. The Balaban J connectivity index is 1.70. The first-order valence-corrected chi connectivity index (χ1v) is 8.79. The van der Waals surface area contributed by atoms with E-state index in [9.17, 15) is 9.59 Å². The molecule has 2 aromatic rings. The van der Waals surface area contributed by atoms with Crippen LogP contribution in [0.2, 0.25) is 0 Å². The Morgan fingerprint density at radius 2 is 1.71 bits per heavy atom. The van der Waals surface area contributed by atoms with Crippen molar-refractivity contribution >= 4 is 28.5 Å². The number of ether oxygens (including phenoxy) is 1. The number of carbonyl (C=O) groups is 2. The molecule has 126 valence electrons. The predicted molar refractivity (Wildman–Crippen MR) is 98.6 cm³/mol. The molecule has 0 saturated carbocycles. The van der Waals surface area contributed by atoms with Crippen molar-refractivity contribution in [3.63, 3.8) is 0 Å². The first-order valence-electron chi connectivity index (χ1n) is 7.80. The van der Waals surface area contributed by atoms with Crippen molar-refractivity contribution < 1.29 is 14.3 Å². The van der Waals surface area contributed by atoms with Gasteiger partial charge in [0.25, 0.3) is 0 Å². The summed E-state index contributed by atoms with van der Waals surface area (Å²) in [6.45, 7) is 4.01. The van der Waals surface area contributed by atoms with Crippen LogP contribution in [-0.4, -0.2) is 23.4 Å². The molecule has 0 fully saturated rings. The zero-order valence-corrected chi connectivity index (χ0v) is 14.7. The van der Waals surface area contributed by atoms with Crippen molar-refractivity contribution in [2.45, 2.75) is 20.3 Å². The second-order valence-corrected chi connectivity index (χ2v) is 6.39. The smallest absolute Gasteiger partial charge is 0.234 e. The molecule has 4 nitrogen and oxygen atoms in total. The fourth-order valence-corrected chi connectivity index (χ4v) is 2.49. The molecule has 0 aliphatic heterocycles. The molecule has 0 aliphatic carbocycles. The molecule has 24 heavy (non-hydrogen) atoms. The van der Waals surface area contributed by atoms with Gasteiger partial charge in [-0.3, -0.25) is 9.59 Å². The summed E-state index contributed by atoms with van der Waals surface area (Å²) >= 11 is 0.958. The van der Waals surface area contributed by atoms with Gasteiger partial charge in [0, 0.05) is 5.69 Å². The van der Waals surface area contributed by atoms with Gasteiger partial charge in [-0.2, -0.15) is 0 Å². The summed E-state index contributed by atoms with van der Waals surface area (Å²) in [6, 6.07) is 15.2. The number of hydrogen-bond donors (Lipinski definition) is 1. The van der Waals surface area contributed by atoms with E-state index in [4.69, 9.17) is 4.74 Å². The van der Waals surface area contributed by atoms with Gasteiger partial charge in [0.05, 0.1) is 5.75 Å². The van der Waals surface area contributed by atoms with Crippen LogP contribution in [0.1, 0.15) is 18.1 Å². The van der Waals surface area contributed by atoms with Gasteiger partial charge >= 0.3 is 0 Å². The number of amides is 1. The molecular weight excluding hydrogens is 322 g/mol. The van der Waals surface area contributed by atoms with E-state index in [1.165, 1.54) is 5.56 Å². The lowest BCUT2D eigenvalue weighted by molar-refractivity contribution is -0.115. The number of hydrogen-bond acceptors (Lipinski definition) is 4. The number of benzene rings is 2. The summed E-state index contributed by atoms with van der Waals surface area (Å²) in [6.07, 6.45) is 0.958. The molecule has 0 heterocycles. The van der Waals surface area contributed by atoms with Crippen molar-refractivity contribution in [3.05, 3.63) is 59.7 Å². The summed E-state index contributed by atoms with van der Waals surface area (Å²) in [5, 5.41) is 2.60. The van der Waals surface area contributed by atoms with E-state index in [1.54, 1.807) is 0 Å². The third-order valence-corrected chi connectivity index (χ3v) is 4.23. The highest BCUT2D eigenvalue weighted by atomic mass is 32.2. The number of nitrogens with one attached hydrogen (secondary N) is 1. The second-order valence-electron chi connectivity index (χ2n) is 5.36. The standard InChI is InChI=1S/C19H21NO3S/c1-3-15-6-8-16(9-7-15)20-18(21)13-24-19(22)12-23-17-10-4-14(2)5-11-17/h4-11H,3,12-13H2,1-2H3,(H,20,21). The van der Waals surface area contributed by atoms with Crippen LogP contribution in [0.15, 0.2) is 48.5 Å². The van der Waals surface area contributed by atoms with Crippen LogP contribution in [0.25, 0.3) is 0 Å². The molecule has 2 rings (SSSR count). The Kier molecular flexibility index (Phi) is 6.88. The van der Waals surface area contributed by atoms with Crippen LogP contribution in [0.5, 0.6) is 5.75 Å². The minimum absolute atomic E-state index is 0.0494. The highest BCUT2D eigenvalue weighted by molar-refractivity contribution is 8.14. The monoisotopic (exact) mass is 343 g/mol. The fourth-order valence-electron chi connectivity index (χ4n) is 1.99. The van der Waals surface area contributed by atoms with Gasteiger partial charge < -0.3 is 10.1 Å². The molecule has 0 saturated heterocycles. The van der Waals surface area contributed by atoms with E-state index >= 15 is 0 Å². The molecule has 0 aromatic heterocycles. The largest absolute Gasteiger partial charge is 0.485 e. The molecular formula is C19H21NO3S. The van der Waals surface area contributed by atoms with E-state index in [0.29, 0.717) is 5.75 Å². The highest BCUT2D eigenvalue weighted by Gasteiger charge is 2.09. The minimum atomic E-state index is -0.201. The molecule has 0 aliphatic rings. The Labute approximate surface area is 146 Å². The Morgan fingerprint density at radius 1 is 1.04 bits per heavy atom. The number of anilines is 1. The maximum absolute atomic E-state index is 11.9. The first-order chi connectivity index (χ1) is 11.6. The lowest BCUT2D eigenvalue weighted by Crippen LogP contribution is -2.17. The maximum atomic E-state index is 11.9. The van der Waals surface area contributed by atoms with Crippen LogP contribution in [-0.2, 0) is 16.0 Å². The second kappa shape index (κ2) is 9.13. The van der Waals surface area contributed by atoms with E-state index in [1.807, 2.05) is 55.5 Å². The molecule has 5 heteroatoms. The van der Waals surface area contributed by atoms with Gasteiger partial charge in [-0.15, -0.1) is 0 Å². The van der Waals surface area contributed by atoms with Crippen molar-refractivity contribution in [3.8, 4) is 5.75 Å². The summed E-state index contributed by atoms with van der Waals surface area (Å²) in [5.74, 6) is 0.522. The van der Waals surface area contributed by atoms with E-state index in [-0.39, 0.29) is 23.4 Å². The number of carbonyl (C=O) groups excluding carboxylic acids is 2. The molecule has 1 N–H and O–H groups in total. The van der Waals surface area contributed by atoms with Crippen molar-refractivity contribution in [2.24, 2.45) is 0 Å². The lowest BCUT2D eigenvalue weighted by atomic mass is 10.1. The van der Waals surface area contributed by atoms with Gasteiger partial charge in [-0.25, -0.2) is 0 Å². The topological polar surface area (TPSA) is 55.4 Å². The fraction of sp³-hybridized carbons (Fsp3) is 0.263. The maximum Gasteiger partial charge on any atom is 0.234 e. The van der Waals surface area contributed by atoms with Crippen molar-refractivity contribution in [1.82, 2.24) is 0 Å². The quantitative estimate of drug-likeness (QED) is 0.830. The van der Waals surface area contributed by atoms with Crippen LogP contribution in [0, 0.1) is 6.92 Å². The van der Waals surface area contributed by atoms with Gasteiger partial charge in [0.2, 0.25) is 11.0 Å². The van der Waals surface area contributed by atoms with Gasteiger partial charge in [-0.05, 0) is 43.2 Å². The van der Waals surface area contributed by atoms with Crippen molar-refractivity contribution in [2.75, 3.05) is 17.7 Å². The van der Waals surface area contributed by atoms with Gasteiger partial charge in [0.1, 0.15) is 5.75 Å². The van der Waals surface area contributed by atoms with Crippen LogP contribution in [0.3, 0.4) is 0 Å². The molecule has 1 amide bonds. The van der Waals surface area contributed by atoms with Crippen LogP contribution < -0.4 is 10.1 Å².